The third-order valence-electron chi connectivity index (χ3n) is 3.74. The van der Waals surface area contributed by atoms with Gasteiger partial charge in [0.25, 0.3) is 11.8 Å². The fourth-order valence-electron chi connectivity index (χ4n) is 2.57. The van der Waals surface area contributed by atoms with Crippen molar-refractivity contribution in [2.45, 2.75) is 0 Å². The number of aromatic hydroxyl groups is 2. The number of carbonyl (C=O) groups excluding carboxylic acids is 2. The van der Waals surface area contributed by atoms with Crippen LogP contribution in [-0.4, -0.2) is 58.0 Å². The number of hydrogen-bond donors (Lipinski definition) is 2. The molecule has 0 spiro atoms. The Hall–Kier alpha value is -2.96. The van der Waals surface area contributed by atoms with Crippen molar-refractivity contribution in [1.82, 2.24) is 9.80 Å². The highest BCUT2D eigenvalue weighted by Crippen LogP contribution is 2.22. The zero-order valence-corrected chi connectivity index (χ0v) is 12.3. The van der Waals surface area contributed by atoms with Gasteiger partial charge >= 0.3 is 0 Å². The fourth-order valence-corrected chi connectivity index (χ4v) is 2.57. The minimum Gasteiger partial charge on any atom is -0.508 e. The van der Waals surface area contributed by atoms with Crippen molar-refractivity contribution < 1.29 is 24.2 Å². The smallest absolute Gasteiger partial charge is 0.289 e. The monoisotopic (exact) mass is 316 g/mol. The maximum atomic E-state index is 12.4. The third-order valence-corrected chi connectivity index (χ3v) is 3.74. The average Bonchev–Trinajstić information content (AvgIpc) is 3.07. The summed E-state index contributed by atoms with van der Waals surface area (Å²) >= 11 is 0. The summed E-state index contributed by atoms with van der Waals surface area (Å²) in [7, 11) is 0. The number of phenolic OH excluding ortho intramolecular Hbond substituents is 2. The highest BCUT2D eigenvalue weighted by Gasteiger charge is 2.26. The summed E-state index contributed by atoms with van der Waals surface area (Å²) in [5.41, 5.74) is 0.216. The quantitative estimate of drug-likeness (QED) is 0.870. The van der Waals surface area contributed by atoms with Gasteiger partial charge in [0.1, 0.15) is 11.5 Å². The Labute approximate surface area is 132 Å². The number of benzene rings is 1. The Morgan fingerprint density at radius 2 is 1.48 bits per heavy atom. The molecule has 23 heavy (non-hydrogen) atoms. The Bertz CT molecular complexity index is 698. The number of rotatable bonds is 2. The summed E-state index contributed by atoms with van der Waals surface area (Å²) in [5, 5.41) is 18.9. The molecule has 2 heterocycles. The van der Waals surface area contributed by atoms with Crippen molar-refractivity contribution in [3.63, 3.8) is 0 Å². The molecule has 120 valence electrons. The van der Waals surface area contributed by atoms with Gasteiger partial charge in [-0.3, -0.25) is 9.59 Å². The van der Waals surface area contributed by atoms with E-state index in [-0.39, 0.29) is 34.6 Å². The van der Waals surface area contributed by atoms with Gasteiger partial charge in [0, 0.05) is 37.8 Å². The number of phenols is 2. The summed E-state index contributed by atoms with van der Waals surface area (Å²) in [4.78, 5) is 27.8. The summed E-state index contributed by atoms with van der Waals surface area (Å²) in [6, 6.07) is 7.04. The van der Waals surface area contributed by atoms with Crippen LogP contribution in [-0.2, 0) is 0 Å². The average molecular weight is 316 g/mol. The van der Waals surface area contributed by atoms with E-state index in [9.17, 15) is 19.8 Å². The van der Waals surface area contributed by atoms with E-state index in [1.54, 1.807) is 21.9 Å². The van der Waals surface area contributed by atoms with E-state index in [1.165, 1.54) is 18.4 Å². The molecule has 7 heteroatoms. The first-order valence-electron chi connectivity index (χ1n) is 7.19. The van der Waals surface area contributed by atoms with Crippen LogP contribution >= 0.6 is 0 Å². The molecule has 1 aliphatic rings. The molecule has 7 nitrogen and oxygen atoms in total. The zero-order chi connectivity index (χ0) is 16.4. The maximum Gasteiger partial charge on any atom is 0.289 e. The molecule has 1 fully saturated rings. The van der Waals surface area contributed by atoms with Crippen LogP contribution in [0, 0.1) is 0 Å². The van der Waals surface area contributed by atoms with Gasteiger partial charge < -0.3 is 24.4 Å². The van der Waals surface area contributed by atoms with Gasteiger partial charge in [0.15, 0.2) is 5.76 Å². The first-order chi connectivity index (χ1) is 11.0. The summed E-state index contributed by atoms with van der Waals surface area (Å²) in [6.07, 6.45) is 1.45. The Kier molecular flexibility index (Phi) is 3.92. The van der Waals surface area contributed by atoms with Crippen molar-refractivity contribution in [3.8, 4) is 11.5 Å². The van der Waals surface area contributed by atoms with Crippen molar-refractivity contribution in [2.24, 2.45) is 0 Å². The number of piperazine rings is 1. The van der Waals surface area contributed by atoms with Gasteiger partial charge in [-0.2, -0.15) is 0 Å². The molecular formula is C16H16N2O5. The standard InChI is InChI=1S/C16H16N2O5/c19-12-8-11(9-13(20)10-12)15(21)17-3-5-18(6-4-17)16(22)14-2-1-7-23-14/h1-2,7-10,19-20H,3-6H2. The van der Waals surface area contributed by atoms with E-state index >= 15 is 0 Å². The predicted molar refractivity (Wildman–Crippen MR) is 80.3 cm³/mol. The van der Waals surface area contributed by atoms with Crippen molar-refractivity contribution in [3.05, 3.63) is 47.9 Å². The van der Waals surface area contributed by atoms with Crippen LogP contribution in [0.5, 0.6) is 11.5 Å². The van der Waals surface area contributed by atoms with Crippen LogP contribution in [0.25, 0.3) is 0 Å². The van der Waals surface area contributed by atoms with Gasteiger partial charge in [-0.25, -0.2) is 0 Å². The zero-order valence-electron chi connectivity index (χ0n) is 12.3. The van der Waals surface area contributed by atoms with E-state index in [2.05, 4.69) is 0 Å². The largest absolute Gasteiger partial charge is 0.508 e. The molecular weight excluding hydrogens is 300 g/mol. The van der Waals surface area contributed by atoms with Crippen LogP contribution in [0.15, 0.2) is 41.0 Å². The Morgan fingerprint density at radius 3 is 2.00 bits per heavy atom. The van der Waals surface area contributed by atoms with Gasteiger partial charge in [0.2, 0.25) is 0 Å². The molecule has 0 radical (unpaired) electrons. The second-order valence-corrected chi connectivity index (χ2v) is 5.30. The number of nitrogens with zero attached hydrogens (tertiary/aromatic N) is 2. The normalized spacial score (nSPS) is 14.8. The number of hydrogen-bond acceptors (Lipinski definition) is 5. The lowest BCUT2D eigenvalue weighted by Crippen LogP contribution is -2.50. The fraction of sp³-hybridized carbons (Fsp3) is 0.250. The summed E-state index contributed by atoms with van der Waals surface area (Å²) in [5.74, 6) is -0.541. The van der Waals surface area contributed by atoms with Gasteiger partial charge in [-0.05, 0) is 24.3 Å². The van der Waals surface area contributed by atoms with Gasteiger partial charge in [-0.15, -0.1) is 0 Å². The van der Waals surface area contributed by atoms with Gasteiger partial charge in [0.05, 0.1) is 6.26 Å². The van der Waals surface area contributed by atoms with Crippen molar-refractivity contribution in [2.75, 3.05) is 26.2 Å². The van der Waals surface area contributed by atoms with Crippen LogP contribution < -0.4 is 0 Å². The molecule has 2 N–H and O–H groups in total. The molecule has 1 aromatic heterocycles. The maximum absolute atomic E-state index is 12.4. The SMILES string of the molecule is O=C(c1cc(O)cc(O)c1)N1CCN(C(=O)c2ccco2)CC1. The minimum absolute atomic E-state index is 0.167. The number of furan rings is 1. The van der Waals surface area contributed by atoms with E-state index in [0.29, 0.717) is 26.2 Å². The lowest BCUT2D eigenvalue weighted by molar-refractivity contribution is 0.0518. The molecule has 0 saturated carbocycles. The van der Waals surface area contributed by atoms with Crippen molar-refractivity contribution >= 4 is 11.8 Å². The number of carbonyl (C=O) groups is 2. The van der Waals surface area contributed by atoms with E-state index in [4.69, 9.17) is 4.42 Å². The molecule has 1 aromatic carbocycles. The molecule has 3 rings (SSSR count). The molecule has 0 bridgehead atoms. The molecule has 1 saturated heterocycles. The second-order valence-electron chi connectivity index (χ2n) is 5.30. The predicted octanol–water partition coefficient (Wildman–Crippen LogP) is 1.29. The molecule has 0 unspecified atom stereocenters. The van der Waals surface area contributed by atoms with Gasteiger partial charge in [-0.1, -0.05) is 0 Å². The summed E-state index contributed by atoms with van der Waals surface area (Å²) < 4.78 is 5.09. The first kappa shape index (κ1) is 15.0. The molecule has 0 atom stereocenters. The van der Waals surface area contributed by atoms with Crippen LogP contribution in [0.2, 0.25) is 0 Å². The third kappa shape index (κ3) is 3.13. The molecule has 2 amide bonds. The lowest BCUT2D eigenvalue weighted by Gasteiger charge is -2.34. The second kappa shape index (κ2) is 6.04. The van der Waals surface area contributed by atoms with E-state index < -0.39 is 0 Å². The topological polar surface area (TPSA) is 94.2 Å². The lowest BCUT2D eigenvalue weighted by atomic mass is 10.1. The highest BCUT2D eigenvalue weighted by atomic mass is 16.3. The van der Waals surface area contributed by atoms with Crippen LogP contribution in [0.3, 0.4) is 0 Å². The summed E-state index contributed by atoms with van der Waals surface area (Å²) in [6.45, 7) is 1.55. The molecule has 2 aromatic rings. The minimum atomic E-state index is -0.290. The van der Waals surface area contributed by atoms with E-state index in [0.717, 1.165) is 6.07 Å². The van der Waals surface area contributed by atoms with E-state index in [1.807, 2.05) is 0 Å². The first-order valence-corrected chi connectivity index (χ1v) is 7.19. The highest BCUT2D eigenvalue weighted by molar-refractivity contribution is 5.95. The number of amides is 2. The molecule has 1 aliphatic heterocycles. The van der Waals surface area contributed by atoms with Crippen LogP contribution in [0.4, 0.5) is 0 Å². The Morgan fingerprint density at radius 1 is 0.913 bits per heavy atom. The van der Waals surface area contributed by atoms with Crippen molar-refractivity contribution in [1.29, 1.82) is 0 Å². The molecule has 0 aliphatic carbocycles. The van der Waals surface area contributed by atoms with Crippen LogP contribution in [0.1, 0.15) is 20.9 Å². The Balaban J connectivity index is 1.64.